The summed E-state index contributed by atoms with van der Waals surface area (Å²) in [6.45, 7) is 0. The van der Waals surface area contributed by atoms with Crippen molar-refractivity contribution in [2.24, 2.45) is 0 Å². The van der Waals surface area contributed by atoms with Crippen LogP contribution in [0.1, 0.15) is 0 Å². The molecular weight excluding hydrogens is 449 g/mol. The largest absolute Gasteiger partial charge is 0.569 e. The predicted molar refractivity (Wildman–Crippen MR) is 148 cm³/mol. The van der Waals surface area contributed by atoms with E-state index in [0.717, 1.165) is 17.1 Å². The first-order chi connectivity index (χ1) is 17.3. The lowest BCUT2D eigenvalue weighted by Crippen LogP contribution is -2.10. The highest BCUT2D eigenvalue weighted by Crippen LogP contribution is 2.41. The molecule has 6 rings (SSSR count). The lowest BCUT2D eigenvalue weighted by atomic mass is 10.0. The molecule has 5 heteroatoms. The predicted octanol–water partition coefficient (Wildman–Crippen LogP) is 8.10. The van der Waals surface area contributed by atoms with E-state index >= 15 is 0 Å². The highest BCUT2D eigenvalue weighted by atomic mass is 32.1. The third-order valence-electron chi connectivity index (χ3n) is 6.13. The van der Waals surface area contributed by atoms with Gasteiger partial charge in [0, 0.05) is 37.2 Å². The van der Waals surface area contributed by atoms with Crippen molar-refractivity contribution < 1.29 is 9.68 Å². The maximum Gasteiger partial charge on any atom is 0.569 e. The van der Waals surface area contributed by atoms with E-state index in [4.69, 9.17) is 9.68 Å². The number of anilines is 3. The average molecular weight is 470 g/mol. The number of hydrogen-bond acceptors (Lipinski definition) is 4. The van der Waals surface area contributed by atoms with Crippen molar-refractivity contribution in [2.75, 3.05) is 4.90 Å². The van der Waals surface area contributed by atoms with Gasteiger partial charge in [-0.1, -0.05) is 60.7 Å². The molecule has 0 atom stereocenters. The van der Waals surface area contributed by atoms with Crippen molar-refractivity contribution >= 4 is 56.3 Å². The minimum Gasteiger partial charge on any atom is -0.537 e. The van der Waals surface area contributed by atoms with E-state index in [-0.39, 0.29) is 0 Å². The molecule has 0 bridgehead atoms. The zero-order valence-electron chi connectivity index (χ0n) is 18.8. The van der Waals surface area contributed by atoms with Crippen LogP contribution in [0, 0.1) is 0 Å². The molecule has 0 amide bonds. The maximum absolute atomic E-state index is 8.98. The molecule has 0 aliphatic carbocycles. The number of thiophene rings is 1. The quantitative estimate of drug-likeness (QED) is 0.250. The van der Waals surface area contributed by atoms with Crippen LogP contribution in [0.15, 0.2) is 121 Å². The molecular formula is C30H21BNO2S. The summed E-state index contributed by atoms with van der Waals surface area (Å²) in [4.78, 5) is 2.24. The summed E-state index contributed by atoms with van der Waals surface area (Å²) in [7, 11) is 0.699. The van der Waals surface area contributed by atoms with E-state index in [1.807, 2.05) is 41.7 Å². The van der Waals surface area contributed by atoms with Crippen molar-refractivity contribution in [1.29, 1.82) is 0 Å². The van der Waals surface area contributed by atoms with Crippen molar-refractivity contribution in [1.82, 2.24) is 0 Å². The molecule has 1 aromatic heterocycles. The monoisotopic (exact) mass is 470 g/mol. The summed E-state index contributed by atoms with van der Waals surface area (Å²) in [6, 6.07) is 41.9. The van der Waals surface area contributed by atoms with Gasteiger partial charge in [0.1, 0.15) is 5.75 Å². The van der Waals surface area contributed by atoms with Crippen molar-refractivity contribution in [3.63, 3.8) is 0 Å². The minimum absolute atomic E-state index is 0.579. The Labute approximate surface area is 208 Å². The summed E-state index contributed by atoms with van der Waals surface area (Å²) in [5, 5.41) is 11.5. The van der Waals surface area contributed by atoms with Crippen LogP contribution in [0.25, 0.3) is 31.3 Å². The van der Waals surface area contributed by atoms with Crippen LogP contribution < -0.4 is 9.55 Å². The van der Waals surface area contributed by atoms with Gasteiger partial charge in [-0.3, -0.25) is 0 Å². The third kappa shape index (κ3) is 4.16. The Hall–Kier alpha value is -4.06. The van der Waals surface area contributed by atoms with Crippen LogP contribution in [0.4, 0.5) is 17.1 Å². The van der Waals surface area contributed by atoms with Gasteiger partial charge in [0.2, 0.25) is 0 Å². The first-order valence-electron chi connectivity index (χ1n) is 11.4. The molecule has 0 saturated heterocycles. The summed E-state index contributed by atoms with van der Waals surface area (Å²) in [6.07, 6.45) is 0. The minimum atomic E-state index is 0.579. The van der Waals surface area contributed by atoms with E-state index in [1.54, 1.807) is 0 Å². The summed E-state index contributed by atoms with van der Waals surface area (Å²) >= 11 is 1.82. The molecule has 0 spiro atoms. The number of hydrogen-bond donors (Lipinski definition) is 1. The standard InChI is InChI=1S/C30H21BNO2S/c33-31-34-26-17-14-24(15-18-26)32(23-12-10-22(11-13-23)21-6-2-1-3-7-21)25-16-19-30-28(20-25)27-8-4-5-9-29(27)35-30/h1-20,33H. The van der Waals surface area contributed by atoms with Crippen LogP contribution >= 0.6 is 11.3 Å². The fourth-order valence-corrected chi connectivity index (χ4v) is 5.55. The van der Waals surface area contributed by atoms with Crippen molar-refractivity contribution in [3.05, 3.63) is 121 Å². The Morgan fingerprint density at radius 1 is 0.571 bits per heavy atom. The van der Waals surface area contributed by atoms with Crippen molar-refractivity contribution in [2.45, 2.75) is 0 Å². The molecule has 3 nitrogen and oxygen atoms in total. The Kier molecular flexibility index (Phi) is 5.71. The van der Waals surface area contributed by atoms with Crippen LogP contribution in [-0.2, 0) is 0 Å². The van der Waals surface area contributed by atoms with Gasteiger partial charge in [-0.25, -0.2) is 0 Å². The summed E-state index contributed by atoms with van der Waals surface area (Å²) in [5.74, 6) is 0.579. The van der Waals surface area contributed by atoms with Gasteiger partial charge >= 0.3 is 7.69 Å². The van der Waals surface area contributed by atoms with Gasteiger partial charge in [-0.05, 0) is 71.8 Å². The molecule has 1 radical (unpaired) electrons. The SMILES string of the molecule is O[B]Oc1ccc(N(c2ccc(-c3ccccc3)cc2)c2ccc3sc4ccccc4c3c2)cc1. The normalized spacial score (nSPS) is 11.0. The Bertz CT molecular complexity index is 1600. The molecule has 0 fully saturated rings. The second-order valence-corrected chi connectivity index (χ2v) is 9.33. The average Bonchev–Trinajstić information content (AvgIpc) is 3.29. The first kappa shape index (κ1) is 21.5. The van der Waals surface area contributed by atoms with Crippen LogP contribution in [0.5, 0.6) is 5.75 Å². The van der Waals surface area contributed by atoms with Crippen molar-refractivity contribution in [3.8, 4) is 16.9 Å². The molecule has 5 aromatic carbocycles. The lowest BCUT2D eigenvalue weighted by molar-refractivity contribution is 0.454. The molecule has 0 unspecified atom stereocenters. The van der Waals surface area contributed by atoms with Gasteiger partial charge in [0.15, 0.2) is 0 Å². The molecule has 0 saturated carbocycles. The highest BCUT2D eigenvalue weighted by Gasteiger charge is 2.15. The van der Waals surface area contributed by atoms with E-state index in [1.165, 1.54) is 31.3 Å². The molecule has 0 aliphatic heterocycles. The number of nitrogens with zero attached hydrogens (tertiary/aromatic N) is 1. The number of benzene rings is 5. The van der Waals surface area contributed by atoms with E-state index in [9.17, 15) is 0 Å². The zero-order chi connectivity index (χ0) is 23.6. The first-order valence-corrected chi connectivity index (χ1v) is 12.2. The van der Waals surface area contributed by atoms with Gasteiger partial charge in [-0.2, -0.15) is 0 Å². The van der Waals surface area contributed by atoms with Gasteiger partial charge in [0.05, 0.1) is 0 Å². The fraction of sp³-hybridized carbons (Fsp3) is 0. The second-order valence-electron chi connectivity index (χ2n) is 8.24. The molecule has 35 heavy (non-hydrogen) atoms. The van der Waals surface area contributed by atoms with Crippen LogP contribution in [0.2, 0.25) is 0 Å². The molecule has 6 aromatic rings. The molecule has 167 valence electrons. The van der Waals surface area contributed by atoms with E-state index in [2.05, 4.69) is 95.9 Å². The number of fused-ring (bicyclic) bond motifs is 3. The fourth-order valence-electron chi connectivity index (χ4n) is 4.47. The maximum atomic E-state index is 8.98. The smallest absolute Gasteiger partial charge is 0.537 e. The molecule has 1 N–H and O–H groups in total. The van der Waals surface area contributed by atoms with Crippen LogP contribution in [0.3, 0.4) is 0 Å². The lowest BCUT2D eigenvalue weighted by Gasteiger charge is -2.26. The number of rotatable bonds is 6. The van der Waals surface area contributed by atoms with Gasteiger partial charge < -0.3 is 14.6 Å². The summed E-state index contributed by atoms with van der Waals surface area (Å²) in [5.41, 5.74) is 5.51. The molecule has 1 heterocycles. The van der Waals surface area contributed by atoms with Gasteiger partial charge in [-0.15, -0.1) is 11.3 Å². The topological polar surface area (TPSA) is 32.7 Å². The molecule has 0 aliphatic rings. The summed E-state index contributed by atoms with van der Waals surface area (Å²) < 4.78 is 7.69. The highest BCUT2D eigenvalue weighted by molar-refractivity contribution is 7.25. The third-order valence-corrected chi connectivity index (χ3v) is 7.29. The zero-order valence-corrected chi connectivity index (χ0v) is 19.7. The Balaban J connectivity index is 1.47. The second kappa shape index (κ2) is 9.30. The Morgan fingerprint density at radius 3 is 1.91 bits per heavy atom. The van der Waals surface area contributed by atoms with E-state index < -0.39 is 0 Å². The van der Waals surface area contributed by atoms with Crippen LogP contribution in [-0.4, -0.2) is 12.7 Å². The Morgan fingerprint density at radius 2 is 1.17 bits per heavy atom. The van der Waals surface area contributed by atoms with Gasteiger partial charge in [0.25, 0.3) is 0 Å². The van der Waals surface area contributed by atoms with E-state index in [0.29, 0.717) is 13.4 Å².